The SMILES string of the molecule is [2H]c1c([2H])c([2H])c2c(c1[2H])c1ccc(Oc3cc(N4CN(c5c(-c6ccccc6)cc(C(C)(C)C)cc5-c5ccccc5)c5ccccc54)cc([Si](C)(C)C)c3)cc1n2-c1cc(C(C)(C)C)ccn1. The second-order valence-corrected chi connectivity index (χ2v) is 25.4. The van der Waals surface area contributed by atoms with Gasteiger partial charge in [0, 0.05) is 45.9 Å². The number of fused-ring (bicyclic) bond motifs is 4. The van der Waals surface area contributed by atoms with Gasteiger partial charge in [-0.3, -0.25) is 4.57 Å². The molecule has 5 nitrogen and oxygen atoms in total. The molecule has 1 aliphatic heterocycles. The van der Waals surface area contributed by atoms with Crippen LogP contribution in [0.2, 0.25) is 19.6 Å². The summed E-state index contributed by atoms with van der Waals surface area (Å²) in [4.78, 5) is 9.69. The third-order valence-electron chi connectivity index (χ3n) is 12.7. The second kappa shape index (κ2) is 16.0. The van der Waals surface area contributed by atoms with Crippen molar-refractivity contribution in [3.63, 3.8) is 0 Å². The molecule has 1 aliphatic rings. The Hall–Kier alpha value is -6.89. The van der Waals surface area contributed by atoms with Gasteiger partial charge in [-0.25, -0.2) is 4.98 Å². The molecule has 0 atom stereocenters. The van der Waals surface area contributed by atoms with Gasteiger partial charge in [-0.1, -0.05) is 157 Å². The van der Waals surface area contributed by atoms with Crippen LogP contribution in [0, 0.1) is 0 Å². The van der Waals surface area contributed by atoms with E-state index in [2.05, 4.69) is 186 Å². The molecule has 0 radical (unpaired) electrons. The molecule has 324 valence electrons. The zero-order valence-electron chi connectivity index (χ0n) is 42.8. The Morgan fingerprint density at radius 3 is 1.82 bits per heavy atom. The molecule has 7 aromatic carbocycles. The van der Waals surface area contributed by atoms with Crippen molar-refractivity contribution in [1.82, 2.24) is 9.55 Å². The van der Waals surface area contributed by atoms with E-state index in [0.717, 1.165) is 39.4 Å². The summed E-state index contributed by atoms with van der Waals surface area (Å²) in [5.74, 6) is 1.85. The summed E-state index contributed by atoms with van der Waals surface area (Å²) in [7, 11) is -1.94. The monoisotopic (exact) mass is 870 g/mol. The van der Waals surface area contributed by atoms with Crippen LogP contribution < -0.4 is 19.7 Å². The van der Waals surface area contributed by atoms with E-state index in [4.69, 9.17) is 15.2 Å². The minimum absolute atomic E-state index is 0.0836. The van der Waals surface area contributed by atoms with Gasteiger partial charge in [0.1, 0.15) is 24.0 Å². The van der Waals surface area contributed by atoms with E-state index in [1.165, 1.54) is 21.9 Å². The van der Waals surface area contributed by atoms with Crippen LogP contribution in [0.15, 0.2) is 176 Å². The lowest BCUT2D eigenvalue weighted by atomic mass is 9.82. The van der Waals surface area contributed by atoms with E-state index in [1.807, 2.05) is 34.9 Å². The maximum atomic E-state index is 9.14. The Morgan fingerprint density at radius 2 is 1.18 bits per heavy atom. The molecule has 0 N–H and O–H groups in total. The summed E-state index contributed by atoms with van der Waals surface area (Å²) in [6, 6.07) is 50.7. The smallest absolute Gasteiger partial charge is 0.137 e. The number of aromatic nitrogens is 2. The molecule has 6 heteroatoms. The average Bonchev–Trinajstić information content (AvgIpc) is 3.88. The largest absolute Gasteiger partial charge is 0.457 e. The highest BCUT2D eigenvalue weighted by atomic mass is 28.3. The molecule has 65 heavy (non-hydrogen) atoms. The first-order valence-electron chi connectivity index (χ1n) is 24.6. The summed E-state index contributed by atoms with van der Waals surface area (Å²) in [6.07, 6.45) is 1.77. The van der Waals surface area contributed by atoms with E-state index in [9.17, 15) is 0 Å². The van der Waals surface area contributed by atoms with Gasteiger partial charge in [-0.05, 0) is 99.8 Å². The number of benzene rings is 7. The van der Waals surface area contributed by atoms with Crippen LogP contribution >= 0.6 is 0 Å². The number of anilines is 4. The molecule has 0 saturated heterocycles. The van der Waals surface area contributed by atoms with Crippen molar-refractivity contribution in [3.05, 3.63) is 187 Å². The molecule has 0 aliphatic carbocycles. The van der Waals surface area contributed by atoms with E-state index in [-0.39, 0.29) is 35.0 Å². The highest BCUT2D eigenvalue weighted by Crippen LogP contribution is 2.51. The summed E-state index contributed by atoms with van der Waals surface area (Å²) in [5, 5.41) is 2.39. The van der Waals surface area contributed by atoms with Crippen molar-refractivity contribution in [3.8, 4) is 39.6 Å². The van der Waals surface area contributed by atoms with Gasteiger partial charge in [-0.15, -0.1) is 0 Å². The van der Waals surface area contributed by atoms with Gasteiger partial charge in [-0.2, -0.15) is 0 Å². The normalized spacial score (nSPS) is 14.0. The molecular weight excluding hydrogens is 809 g/mol. The van der Waals surface area contributed by atoms with Crippen LogP contribution in [0.3, 0.4) is 0 Å². The number of rotatable bonds is 8. The van der Waals surface area contributed by atoms with Crippen LogP contribution in [0.4, 0.5) is 22.7 Å². The van der Waals surface area contributed by atoms with Crippen LogP contribution in [0.5, 0.6) is 11.5 Å². The highest BCUT2D eigenvalue weighted by Gasteiger charge is 2.33. The fraction of sp³-hybridized carbons (Fsp3) is 0.203. The molecule has 3 heterocycles. The molecule has 0 unspecified atom stereocenters. The van der Waals surface area contributed by atoms with E-state index in [1.54, 1.807) is 6.20 Å². The second-order valence-electron chi connectivity index (χ2n) is 20.3. The Morgan fingerprint density at radius 1 is 0.569 bits per heavy atom. The molecule has 0 fully saturated rings. The van der Waals surface area contributed by atoms with E-state index < -0.39 is 8.07 Å². The third-order valence-corrected chi connectivity index (χ3v) is 14.7. The Labute approximate surface area is 391 Å². The Kier molecular flexibility index (Phi) is 9.21. The number of nitrogens with zero attached hydrogens (tertiary/aromatic N) is 4. The quantitative estimate of drug-likeness (QED) is 0.142. The summed E-state index contributed by atoms with van der Waals surface area (Å²) in [6.45, 7) is 20.9. The standard InChI is InChI=1S/C59H58N4OSi/c1-58(2,3)42-30-31-60-56(34-42)63-52-25-17-16-24-48(52)49-29-28-45(38-55(49)63)64-46-35-44(36-47(37-46)65(7,8)9)61-39-62(54-27-19-18-26-53(54)61)57-50(40-20-12-10-13-21-40)32-43(59(4,5)6)33-51(57)41-22-14-11-15-23-41/h10-38H,39H2,1-9H3/i16D,17D,24D,25D. The van der Waals surface area contributed by atoms with Crippen LogP contribution in [-0.4, -0.2) is 24.3 Å². The first-order valence-corrected chi connectivity index (χ1v) is 26.1. The Balaban J connectivity index is 1.13. The number of hydrogen-bond acceptors (Lipinski definition) is 4. The number of hydrogen-bond donors (Lipinski definition) is 0. The number of ether oxygens (including phenoxy) is 1. The highest BCUT2D eigenvalue weighted by molar-refractivity contribution is 6.88. The number of para-hydroxylation sites is 3. The molecule has 10 rings (SSSR count). The Bertz CT molecular complexity index is 3400. The lowest BCUT2D eigenvalue weighted by Crippen LogP contribution is -2.38. The first kappa shape index (κ1) is 37.5. The predicted molar refractivity (Wildman–Crippen MR) is 278 cm³/mol. The average molecular weight is 871 g/mol. The van der Waals surface area contributed by atoms with Gasteiger partial charge in [0.15, 0.2) is 0 Å². The molecule has 0 amide bonds. The molecule has 0 spiro atoms. The summed E-state index contributed by atoms with van der Waals surface area (Å²) < 4.78 is 44.3. The van der Waals surface area contributed by atoms with Crippen molar-refractivity contribution in [2.24, 2.45) is 0 Å². The molecule has 2 aromatic heterocycles. The summed E-state index contributed by atoms with van der Waals surface area (Å²) in [5.41, 5.74) is 12.2. The maximum absolute atomic E-state index is 9.14. The van der Waals surface area contributed by atoms with E-state index >= 15 is 0 Å². The molecule has 0 saturated carbocycles. The third kappa shape index (κ3) is 7.91. The van der Waals surface area contributed by atoms with Crippen molar-refractivity contribution in [2.45, 2.75) is 72.0 Å². The van der Waals surface area contributed by atoms with Gasteiger partial charge < -0.3 is 14.5 Å². The van der Waals surface area contributed by atoms with Crippen LogP contribution in [0.1, 0.15) is 58.2 Å². The van der Waals surface area contributed by atoms with Gasteiger partial charge in [0.2, 0.25) is 0 Å². The minimum Gasteiger partial charge on any atom is -0.457 e. The summed E-state index contributed by atoms with van der Waals surface area (Å²) >= 11 is 0. The van der Waals surface area contributed by atoms with Crippen molar-refractivity contribution < 1.29 is 10.2 Å². The predicted octanol–water partition coefficient (Wildman–Crippen LogP) is 15.7. The fourth-order valence-corrected chi connectivity index (χ4v) is 10.2. The first-order chi connectivity index (χ1) is 32.8. The topological polar surface area (TPSA) is 33.5 Å². The lowest BCUT2D eigenvalue weighted by Gasteiger charge is -2.30. The zero-order valence-corrected chi connectivity index (χ0v) is 39.8. The lowest BCUT2D eigenvalue weighted by molar-refractivity contribution is 0.484. The number of pyridine rings is 1. The maximum Gasteiger partial charge on any atom is 0.137 e. The van der Waals surface area contributed by atoms with Gasteiger partial charge >= 0.3 is 0 Å². The van der Waals surface area contributed by atoms with E-state index in [0.29, 0.717) is 45.8 Å². The molecule has 9 aromatic rings. The van der Waals surface area contributed by atoms with Gasteiger partial charge in [0.05, 0.1) is 41.7 Å². The van der Waals surface area contributed by atoms with Crippen molar-refractivity contribution in [2.75, 3.05) is 16.5 Å². The van der Waals surface area contributed by atoms with Crippen molar-refractivity contribution >= 4 is 57.8 Å². The van der Waals surface area contributed by atoms with Crippen LogP contribution in [-0.2, 0) is 10.8 Å². The molecular formula is C59H58N4OSi. The fourth-order valence-electron chi connectivity index (χ4n) is 9.03. The molecule has 0 bridgehead atoms. The zero-order chi connectivity index (χ0) is 48.7. The van der Waals surface area contributed by atoms with Crippen molar-refractivity contribution in [1.29, 1.82) is 0 Å². The minimum atomic E-state index is -1.94. The van der Waals surface area contributed by atoms with Crippen LogP contribution in [0.25, 0.3) is 49.9 Å². The van der Waals surface area contributed by atoms with Gasteiger partial charge in [0.25, 0.3) is 0 Å².